The highest BCUT2D eigenvalue weighted by Gasteiger charge is 2.26. The maximum atomic E-state index is 13.0. The molecule has 0 radical (unpaired) electrons. The van der Waals surface area contributed by atoms with Crippen molar-refractivity contribution in [3.8, 4) is 0 Å². The molecule has 2 aromatic carbocycles. The van der Waals surface area contributed by atoms with Crippen molar-refractivity contribution in [3.05, 3.63) is 58.1 Å². The molecule has 0 spiro atoms. The average Bonchev–Trinajstić information content (AvgIpc) is 3.37. The van der Waals surface area contributed by atoms with E-state index in [9.17, 15) is 9.59 Å². The van der Waals surface area contributed by atoms with E-state index < -0.39 is 0 Å². The molecule has 1 unspecified atom stereocenters. The fraction of sp³-hybridized carbons (Fsp3) is 0.370. The van der Waals surface area contributed by atoms with Crippen LogP contribution in [0, 0.1) is 0 Å². The number of anilines is 1. The van der Waals surface area contributed by atoms with Gasteiger partial charge in [0.05, 0.1) is 33.2 Å². The Morgan fingerprint density at radius 2 is 1.89 bits per heavy atom. The second-order valence-corrected chi connectivity index (χ2v) is 10.8. The van der Waals surface area contributed by atoms with Crippen LogP contribution >= 0.6 is 23.2 Å². The van der Waals surface area contributed by atoms with Crippen molar-refractivity contribution in [3.63, 3.8) is 0 Å². The first-order chi connectivity index (χ1) is 18.4. The topological polar surface area (TPSA) is 116 Å². The van der Waals surface area contributed by atoms with Crippen LogP contribution < -0.4 is 10.6 Å². The molecule has 3 heterocycles. The summed E-state index contributed by atoms with van der Waals surface area (Å²) in [5, 5.41) is 8.14. The largest absolute Gasteiger partial charge is 0.359 e. The Hall–Kier alpha value is -3.43. The summed E-state index contributed by atoms with van der Waals surface area (Å²) in [6.45, 7) is 1.48. The minimum Gasteiger partial charge on any atom is -0.359 e. The molecule has 1 saturated carbocycles. The van der Waals surface area contributed by atoms with Gasteiger partial charge in [-0.25, -0.2) is 15.0 Å². The summed E-state index contributed by atoms with van der Waals surface area (Å²) >= 11 is 12.8. The van der Waals surface area contributed by atoms with Crippen LogP contribution in [0.4, 0.5) is 5.82 Å². The molecule has 2 fully saturated rings. The Kier molecular flexibility index (Phi) is 6.80. The molecule has 0 bridgehead atoms. The molecule has 1 saturated heterocycles. The van der Waals surface area contributed by atoms with Crippen molar-refractivity contribution in [1.82, 2.24) is 30.2 Å². The number of carbonyl (C=O) groups excluding carboxylic acids is 2. The van der Waals surface area contributed by atoms with Crippen LogP contribution in [-0.4, -0.2) is 55.8 Å². The van der Waals surface area contributed by atoms with Crippen molar-refractivity contribution < 1.29 is 9.59 Å². The monoisotopic (exact) mass is 551 g/mol. The molecule has 1 aliphatic heterocycles. The number of hydrogen-bond acceptors (Lipinski definition) is 6. The van der Waals surface area contributed by atoms with Crippen LogP contribution in [0.15, 0.2) is 36.7 Å². The van der Waals surface area contributed by atoms with E-state index >= 15 is 0 Å². The third kappa shape index (κ3) is 5.26. The van der Waals surface area contributed by atoms with Gasteiger partial charge in [0.1, 0.15) is 18.0 Å². The molecule has 196 valence electrons. The van der Waals surface area contributed by atoms with Gasteiger partial charge in [0.2, 0.25) is 5.91 Å². The van der Waals surface area contributed by atoms with Gasteiger partial charge in [-0.3, -0.25) is 9.59 Å². The quantitative estimate of drug-likeness (QED) is 0.275. The fourth-order valence-electron chi connectivity index (χ4n) is 4.86. The summed E-state index contributed by atoms with van der Waals surface area (Å²) < 4.78 is 0. The first kappa shape index (κ1) is 24.9. The van der Waals surface area contributed by atoms with Gasteiger partial charge < -0.3 is 20.5 Å². The first-order valence-electron chi connectivity index (χ1n) is 12.9. The Bertz CT molecular complexity index is 1530. The molecule has 1 atom stereocenters. The molecule has 38 heavy (non-hydrogen) atoms. The van der Waals surface area contributed by atoms with Gasteiger partial charge in [0, 0.05) is 36.0 Å². The van der Waals surface area contributed by atoms with Crippen LogP contribution in [-0.2, 0) is 4.79 Å². The van der Waals surface area contributed by atoms with Crippen LogP contribution in [0.1, 0.15) is 60.7 Å². The molecule has 1 aliphatic carbocycles. The zero-order valence-electron chi connectivity index (χ0n) is 20.6. The number of aromatic amines is 1. The number of fused-ring (bicyclic) bond motifs is 2. The zero-order valence-corrected chi connectivity index (χ0v) is 22.1. The molecule has 11 heteroatoms. The Morgan fingerprint density at radius 3 is 2.68 bits per heavy atom. The SMILES string of the molecule is O=C(CCC(Nc1ncnc2cc(C(=O)N3CCCC3)c(Cl)cc12)c1nc2ccc(Cl)cc2[nH]1)NC1CC1. The highest BCUT2D eigenvalue weighted by atomic mass is 35.5. The molecule has 2 amide bonds. The number of amides is 2. The van der Waals surface area contributed by atoms with Crippen molar-refractivity contribution in [2.24, 2.45) is 0 Å². The van der Waals surface area contributed by atoms with Gasteiger partial charge in [-0.1, -0.05) is 23.2 Å². The maximum Gasteiger partial charge on any atom is 0.255 e. The van der Waals surface area contributed by atoms with Gasteiger partial charge in [-0.2, -0.15) is 0 Å². The van der Waals surface area contributed by atoms with Crippen LogP contribution in [0.5, 0.6) is 0 Å². The molecule has 3 N–H and O–H groups in total. The van der Waals surface area contributed by atoms with E-state index in [2.05, 4.69) is 25.6 Å². The number of nitrogens with one attached hydrogen (secondary N) is 3. The van der Waals surface area contributed by atoms with Gasteiger partial charge in [-0.05, 0) is 62.4 Å². The lowest BCUT2D eigenvalue weighted by Gasteiger charge is -2.19. The summed E-state index contributed by atoms with van der Waals surface area (Å²) in [7, 11) is 0. The zero-order chi connectivity index (χ0) is 26.2. The van der Waals surface area contributed by atoms with E-state index in [1.165, 1.54) is 6.33 Å². The van der Waals surface area contributed by atoms with Crippen molar-refractivity contribution >= 4 is 62.8 Å². The van der Waals surface area contributed by atoms with E-state index in [1.807, 2.05) is 17.0 Å². The maximum absolute atomic E-state index is 13.0. The van der Waals surface area contributed by atoms with Crippen molar-refractivity contribution in [2.75, 3.05) is 18.4 Å². The highest BCUT2D eigenvalue weighted by molar-refractivity contribution is 6.35. The van der Waals surface area contributed by atoms with E-state index in [1.54, 1.807) is 18.2 Å². The molecular weight excluding hydrogens is 525 g/mol. The number of imidazole rings is 1. The summed E-state index contributed by atoms with van der Waals surface area (Å²) in [5.41, 5.74) is 2.63. The van der Waals surface area contributed by atoms with Crippen LogP contribution in [0.3, 0.4) is 0 Å². The number of rotatable bonds is 8. The summed E-state index contributed by atoms with van der Waals surface area (Å²) in [6, 6.07) is 8.88. The lowest BCUT2D eigenvalue weighted by atomic mass is 10.1. The Balaban J connectivity index is 1.31. The van der Waals surface area contributed by atoms with Gasteiger partial charge in [0.15, 0.2) is 0 Å². The standard InChI is InChI=1S/C27H27Cl2N7O2/c28-15-3-6-20-23(11-15)35-26(33-20)21(7-8-24(37)32-16-4-5-16)34-25-18-12-19(29)17(13-22(18)30-14-31-25)27(38)36-9-1-2-10-36/h3,6,11-14,16,21H,1-2,4-5,7-10H2,(H,32,37)(H,33,35)(H,30,31,34). The van der Waals surface area contributed by atoms with Gasteiger partial charge >= 0.3 is 0 Å². The molecule has 4 aromatic rings. The summed E-state index contributed by atoms with van der Waals surface area (Å²) in [5.74, 6) is 1.14. The number of halogens is 2. The second kappa shape index (κ2) is 10.4. The molecule has 9 nitrogen and oxygen atoms in total. The molecule has 6 rings (SSSR count). The Morgan fingerprint density at radius 1 is 1.08 bits per heavy atom. The third-order valence-corrected chi connectivity index (χ3v) is 7.60. The van der Waals surface area contributed by atoms with E-state index in [4.69, 9.17) is 28.2 Å². The normalized spacial score (nSPS) is 16.2. The fourth-order valence-corrected chi connectivity index (χ4v) is 5.27. The van der Waals surface area contributed by atoms with E-state index in [0.717, 1.165) is 49.8 Å². The summed E-state index contributed by atoms with van der Waals surface area (Å²) in [6.07, 6.45) is 6.34. The average molecular weight is 552 g/mol. The minimum atomic E-state index is -0.353. The lowest BCUT2D eigenvalue weighted by Crippen LogP contribution is -2.27. The third-order valence-electron chi connectivity index (χ3n) is 7.05. The van der Waals surface area contributed by atoms with Crippen molar-refractivity contribution in [1.29, 1.82) is 0 Å². The first-order valence-corrected chi connectivity index (χ1v) is 13.6. The number of H-pyrrole nitrogens is 1. The lowest BCUT2D eigenvalue weighted by molar-refractivity contribution is -0.121. The minimum absolute atomic E-state index is 0.0131. The molecular formula is C27H27Cl2N7O2. The predicted octanol–water partition coefficient (Wildman–Crippen LogP) is 5.26. The summed E-state index contributed by atoms with van der Waals surface area (Å²) in [4.78, 5) is 44.3. The number of carbonyl (C=O) groups is 2. The molecule has 2 aromatic heterocycles. The smallest absolute Gasteiger partial charge is 0.255 e. The number of aromatic nitrogens is 4. The second-order valence-electron chi connectivity index (χ2n) is 9.93. The van der Waals surface area contributed by atoms with Gasteiger partial charge in [0.25, 0.3) is 5.91 Å². The number of likely N-dealkylation sites (tertiary alicyclic amines) is 1. The Labute approximate surface area is 229 Å². The number of nitrogens with zero attached hydrogens (tertiary/aromatic N) is 4. The predicted molar refractivity (Wildman–Crippen MR) is 148 cm³/mol. The van der Waals surface area contributed by atoms with E-state index in [-0.39, 0.29) is 17.9 Å². The highest BCUT2D eigenvalue weighted by Crippen LogP contribution is 2.32. The van der Waals surface area contributed by atoms with Crippen LogP contribution in [0.25, 0.3) is 21.9 Å². The molecule has 2 aliphatic rings. The van der Waals surface area contributed by atoms with Gasteiger partial charge in [-0.15, -0.1) is 0 Å². The number of benzene rings is 2. The van der Waals surface area contributed by atoms with Crippen LogP contribution in [0.2, 0.25) is 10.0 Å². The van der Waals surface area contributed by atoms with E-state index in [0.29, 0.717) is 57.0 Å². The number of hydrogen-bond donors (Lipinski definition) is 3. The van der Waals surface area contributed by atoms with Crippen molar-refractivity contribution in [2.45, 2.75) is 50.6 Å².